The summed E-state index contributed by atoms with van der Waals surface area (Å²) in [7, 11) is 0. The standard InChI is InChI=1S/C13H19N5O/c1-8-5-6-18(7-10(8)14)13-15-12(16-17-13)11-4-3-9(2)19-11/h3-4,8,10H,5-7,14H2,1-2H3,(H,15,16,17). The van der Waals surface area contributed by atoms with Crippen molar-refractivity contribution in [1.29, 1.82) is 0 Å². The topological polar surface area (TPSA) is 84.0 Å². The van der Waals surface area contributed by atoms with E-state index in [1.807, 2.05) is 19.1 Å². The van der Waals surface area contributed by atoms with Gasteiger partial charge >= 0.3 is 0 Å². The van der Waals surface area contributed by atoms with Crippen molar-refractivity contribution in [3.8, 4) is 11.6 Å². The van der Waals surface area contributed by atoms with Gasteiger partial charge in [0, 0.05) is 19.1 Å². The van der Waals surface area contributed by atoms with Crippen molar-refractivity contribution in [3.63, 3.8) is 0 Å². The van der Waals surface area contributed by atoms with Crippen LogP contribution in [0.5, 0.6) is 0 Å². The van der Waals surface area contributed by atoms with Crippen LogP contribution < -0.4 is 10.6 Å². The lowest BCUT2D eigenvalue weighted by molar-refractivity contribution is 0.376. The van der Waals surface area contributed by atoms with Gasteiger partial charge in [-0.15, -0.1) is 5.10 Å². The Morgan fingerprint density at radius 3 is 3.00 bits per heavy atom. The Bertz CT molecular complexity index is 561. The molecular weight excluding hydrogens is 242 g/mol. The molecule has 102 valence electrons. The average molecular weight is 261 g/mol. The summed E-state index contributed by atoms with van der Waals surface area (Å²) in [5.74, 6) is 3.50. The molecule has 0 spiro atoms. The van der Waals surface area contributed by atoms with Gasteiger partial charge in [0.15, 0.2) is 11.6 Å². The Morgan fingerprint density at radius 2 is 2.32 bits per heavy atom. The van der Waals surface area contributed by atoms with Crippen molar-refractivity contribution < 1.29 is 4.42 Å². The number of piperidine rings is 1. The van der Waals surface area contributed by atoms with Crippen molar-refractivity contribution in [2.75, 3.05) is 18.0 Å². The highest BCUT2D eigenvalue weighted by Gasteiger charge is 2.25. The van der Waals surface area contributed by atoms with Gasteiger partial charge in [0.25, 0.3) is 0 Å². The summed E-state index contributed by atoms with van der Waals surface area (Å²) in [5.41, 5.74) is 6.10. The van der Waals surface area contributed by atoms with Crippen LogP contribution in [0.4, 0.5) is 5.95 Å². The molecule has 1 aliphatic rings. The molecule has 0 radical (unpaired) electrons. The zero-order valence-electron chi connectivity index (χ0n) is 11.3. The van der Waals surface area contributed by atoms with Gasteiger partial charge in [-0.2, -0.15) is 4.98 Å². The highest BCUT2D eigenvalue weighted by molar-refractivity contribution is 5.49. The van der Waals surface area contributed by atoms with Crippen molar-refractivity contribution >= 4 is 5.95 Å². The number of nitrogens with zero attached hydrogens (tertiary/aromatic N) is 3. The van der Waals surface area contributed by atoms with Crippen molar-refractivity contribution in [1.82, 2.24) is 15.2 Å². The highest BCUT2D eigenvalue weighted by Crippen LogP contribution is 2.23. The van der Waals surface area contributed by atoms with Crippen molar-refractivity contribution in [2.24, 2.45) is 11.7 Å². The van der Waals surface area contributed by atoms with Gasteiger partial charge in [-0.3, -0.25) is 5.10 Å². The van der Waals surface area contributed by atoms with E-state index >= 15 is 0 Å². The predicted molar refractivity (Wildman–Crippen MR) is 72.8 cm³/mol. The summed E-state index contributed by atoms with van der Waals surface area (Å²) >= 11 is 0. The molecule has 1 aliphatic heterocycles. The number of hydrogen-bond donors (Lipinski definition) is 2. The van der Waals surface area contributed by atoms with Gasteiger partial charge in [0.2, 0.25) is 5.95 Å². The number of nitrogens with one attached hydrogen (secondary N) is 1. The van der Waals surface area contributed by atoms with Gasteiger partial charge in [0.1, 0.15) is 5.76 Å². The van der Waals surface area contributed by atoms with Gasteiger partial charge in [-0.1, -0.05) is 6.92 Å². The summed E-state index contributed by atoms with van der Waals surface area (Å²) in [6.07, 6.45) is 1.07. The summed E-state index contributed by atoms with van der Waals surface area (Å²) < 4.78 is 5.53. The molecule has 2 aromatic heterocycles. The predicted octanol–water partition coefficient (Wildman–Crippen LogP) is 1.55. The van der Waals surface area contributed by atoms with Gasteiger partial charge in [0.05, 0.1) is 0 Å². The first-order valence-corrected chi connectivity index (χ1v) is 6.63. The molecule has 0 aliphatic carbocycles. The molecule has 0 amide bonds. The van der Waals surface area contributed by atoms with E-state index in [-0.39, 0.29) is 6.04 Å². The first-order chi connectivity index (χ1) is 9.13. The molecule has 0 aromatic carbocycles. The van der Waals surface area contributed by atoms with E-state index in [0.717, 1.165) is 25.3 Å². The quantitative estimate of drug-likeness (QED) is 0.856. The molecule has 6 heteroatoms. The second kappa shape index (κ2) is 4.70. The number of nitrogens with two attached hydrogens (primary N) is 1. The second-order valence-corrected chi connectivity index (χ2v) is 5.27. The number of hydrogen-bond acceptors (Lipinski definition) is 5. The first kappa shape index (κ1) is 12.2. The SMILES string of the molecule is Cc1ccc(-c2nc(N3CCC(C)C(N)C3)n[nH]2)o1. The zero-order chi connectivity index (χ0) is 13.4. The number of anilines is 1. The number of aromatic nitrogens is 3. The zero-order valence-corrected chi connectivity index (χ0v) is 11.3. The fourth-order valence-corrected chi connectivity index (χ4v) is 2.35. The third-order valence-corrected chi connectivity index (χ3v) is 3.75. The van der Waals surface area contributed by atoms with Crippen LogP contribution in [0.3, 0.4) is 0 Å². The lowest BCUT2D eigenvalue weighted by Crippen LogP contribution is -2.48. The number of H-pyrrole nitrogens is 1. The molecule has 3 N–H and O–H groups in total. The molecule has 19 heavy (non-hydrogen) atoms. The van der Waals surface area contributed by atoms with Crippen LogP contribution in [0, 0.1) is 12.8 Å². The Balaban J connectivity index is 1.78. The molecule has 2 unspecified atom stereocenters. The molecule has 3 heterocycles. The van der Waals surface area contributed by atoms with E-state index < -0.39 is 0 Å². The molecule has 6 nitrogen and oxygen atoms in total. The number of furan rings is 1. The van der Waals surface area contributed by atoms with Crippen LogP contribution >= 0.6 is 0 Å². The smallest absolute Gasteiger partial charge is 0.245 e. The van der Waals surface area contributed by atoms with Crippen LogP contribution in [0.25, 0.3) is 11.6 Å². The second-order valence-electron chi connectivity index (χ2n) is 5.27. The molecule has 3 rings (SSSR count). The molecular formula is C13H19N5O. The fourth-order valence-electron chi connectivity index (χ4n) is 2.35. The molecule has 0 bridgehead atoms. The molecule has 2 aromatic rings. The van der Waals surface area contributed by atoms with E-state index in [1.54, 1.807) is 0 Å². The highest BCUT2D eigenvalue weighted by atomic mass is 16.3. The Labute approximate surface area is 112 Å². The van der Waals surface area contributed by atoms with E-state index in [0.29, 0.717) is 23.5 Å². The fraction of sp³-hybridized carbons (Fsp3) is 0.538. The maximum absolute atomic E-state index is 6.10. The Kier molecular flexibility index (Phi) is 3.02. The Morgan fingerprint density at radius 1 is 1.47 bits per heavy atom. The third-order valence-electron chi connectivity index (χ3n) is 3.75. The minimum absolute atomic E-state index is 0.182. The van der Waals surface area contributed by atoms with Crippen molar-refractivity contribution in [3.05, 3.63) is 17.9 Å². The van der Waals surface area contributed by atoms with E-state index in [1.165, 1.54) is 0 Å². The minimum Gasteiger partial charge on any atom is -0.458 e. The van der Waals surface area contributed by atoms with Gasteiger partial charge in [-0.05, 0) is 31.4 Å². The molecule has 1 fully saturated rings. The van der Waals surface area contributed by atoms with Crippen LogP contribution in [-0.4, -0.2) is 34.3 Å². The largest absolute Gasteiger partial charge is 0.458 e. The Hall–Kier alpha value is -1.82. The molecule has 2 atom stereocenters. The molecule has 1 saturated heterocycles. The van der Waals surface area contributed by atoms with Gasteiger partial charge in [-0.25, -0.2) is 0 Å². The third kappa shape index (κ3) is 2.35. The number of aryl methyl sites for hydroxylation is 1. The van der Waals surface area contributed by atoms with Crippen LogP contribution in [0.2, 0.25) is 0 Å². The summed E-state index contributed by atoms with van der Waals surface area (Å²) in [6, 6.07) is 3.99. The number of aromatic amines is 1. The summed E-state index contributed by atoms with van der Waals surface area (Å²) in [4.78, 5) is 6.61. The van der Waals surface area contributed by atoms with Crippen molar-refractivity contribution in [2.45, 2.75) is 26.3 Å². The summed E-state index contributed by atoms with van der Waals surface area (Å²) in [6.45, 7) is 5.85. The number of rotatable bonds is 2. The van der Waals surface area contributed by atoms with Crippen LogP contribution in [0.1, 0.15) is 19.1 Å². The van der Waals surface area contributed by atoms with E-state index in [4.69, 9.17) is 10.2 Å². The van der Waals surface area contributed by atoms with E-state index in [2.05, 4.69) is 27.0 Å². The lowest BCUT2D eigenvalue weighted by atomic mass is 9.95. The van der Waals surface area contributed by atoms with Crippen LogP contribution in [0.15, 0.2) is 16.5 Å². The van der Waals surface area contributed by atoms with Gasteiger partial charge < -0.3 is 15.1 Å². The van der Waals surface area contributed by atoms with E-state index in [9.17, 15) is 0 Å². The average Bonchev–Trinajstić information content (AvgIpc) is 3.01. The molecule has 0 saturated carbocycles. The van der Waals surface area contributed by atoms with Crippen LogP contribution in [-0.2, 0) is 0 Å². The summed E-state index contributed by atoms with van der Waals surface area (Å²) in [5, 5.41) is 7.18. The minimum atomic E-state index is 0.182. The lowest BCUT2D eigenvalue weighted by Gasteiger charge is -2.34. The first-order valence-electron chi connectivity index (χ1n) is 6.63. The normalized spacial score (nSPS) is 23.8. The monoisotopic (exact) mass is 261 g/mol. The maximum atomic E-state index is 6.10. The maximum Gasteiger partial charge on any atom is 0.245 e.